The Labute approximate surface area is 159 Å². The summed E-state index contributed by atoms with van der Waals surface area (Å²) in [4.78, 5) is 17.8. The number of aromatic nitrogens is 1. The molecule has 1 aromatic heterocycles. The molecule has 1 aliphatic heterocycles. The molecular weight excluding hydrogens is 332 g/mol. The van der Waals surface area contributed by atoms with E-state index in [0.717, 1.165) is 39.7 Å². The van der Waals surface area contributed by atoms with E-state index in [2.05, 4.69) is 54.5 Å². The molecular formula is C24H22N2O. The highest BCUT2D eigenvalue weighted by molar-refractivity contribution is 6.12. The lowest BCUT2D eigenvalue weighted by atomic mass is 9.68. The van der Waals surface area contributed by atoms with Gasteiger partial charge in [0.15, 0.2) is 5.78 Å². The molecule has 27 heavy (non-hydrogen) atoms. The average molecular weight is 354 g/mol. The lowest BCUT2D eigenvalue weighted by Crippen LogP contribution is -2.33. The van der Waals surface area contributed by atoms with Crippen molar-refractivity contribution in [3.8, 4) is 0 Å². The van der Waals surface area contributed by atoms with E-state index >= 15 is 0 Å². The van der Waals surface area contributed by atoms with E-state index in [1.165, 1.54) is 5.57 Å². The zero-order chi connectivity index (χ0) is 18.6. The molecule has 0 fully saturated rings. The van der Waals surface area contributed by atoms with Crippen molar-refractivity contribution < 1.29 is 4.79 Å². The Morgan fingerprint density at radius 3 is 2.63 bits per heavy atom. The van der Waals surface area contributed by atoms with Crippen molar-refractivity contribution in [3.63, 3.8) is 0 Å². The molecule has 2 aromatic carbocycles. The maximum Gasteiger partial charge on any atom is 0.162 e. The van der Waals surface area contributed by atoms with Gasteiger partial charge in [0, 0.05) is 34.8 Å². The number of carbonyl (C=O) groups is 1. The van der Waals surface area contributed by atoms with E-state index in [9.17, 15) is 4.79 Å². The highest BCUT2D eigenvalue weighted by Crippen LogP contribution is 2.51. The zero-order valence-corrected chi connectivity index (χ0v) is 15.6. The van der Waals surface area contributed by atoms with Crippen LogP contribution in [0.3, 0.4) is 0 Å². The van der Waals surface area contributed by atoms with Crippen molar-refractivity contribution in [3.05, 3.63) is 77.5 Å². The van der Waals surface area contributed by atoms with Crippen LogP contribution >= 0.6 is 0 Å². The number of rotatable bonds is 1. The fraction of sp³-hybridized carbons (Fsp3) is 0.250. The fourth-order valence-corrected chi connectivity index (χ4v) is 4.61. The van der Waals surface area contributed by atoms with Gasteiger partial charge in [0.25, 0.3) is 0 Å². The summed E-state index contributed by atoms with van der Waals surface area (Å²) >= 11 is 0. The molecule has 3 aromatic rings. The first kappa shape index (κ1) is 16.2. The van der Waals surface area contributed by atoms with Gasteiger partial charge >= 0.3 is 0 Å². The van der Waals surface area contributed by atoms with Gasteiger partial charge in [-0.1, -0.05) is 50.2 Å². The average Bonchev–Trinajstić information content (AvgIpc) is 2.66. The summed E-state index contributed by atoms with van der Waals surface area (Å²) in [5.41, 5.74) is 6.45. The topological polar surface area (TPSA) is 42.0 Å². The molecule has 2 heterocycles. The molecule has 5 rings (SSSR count). The van der Waals surface area contributed by atoms with E-state index in [1.54, 1.807) is 0 Å². The third-order valence-corrected chi connectivity index (χ3v) is 5.73. The Balaban J connectivity index is 1.82. The Bertz CT molecular complexity index is 1100. The molecule has 0 bridgehead atoms. The van der Waals surface area contributed by atoms with Crippen LogP contribution in [0.1, 0.15) is 43.9 Å². The maximum absolute atomic E-state index is 13.3. The number of hydrogen-bond acceptors (Lipinski definition) is 3. The van der Waals surface area contributed by atoms with Gasteiger partial charge in [-0.2, -0.15) is 0 Å². The van der Waals surface area contributed by atoms with Crippen LogP contribution in [0.5, 0.6) is 0 Å². The van der Waals surface area contributed by atoms with Crippen LogP contribution in [0.2, 0.25) is 0 Å². The van der Waals surface area contributed by atoms with E-state index in [-0.39, 0.29) is 17.2 Å². The third-order valence-electron chi connectivity index (χ3n) is 5.73. The zero-order valence-electron chi connectivity index (χ0n) is 15.6. The number of allylic oxidation sites excluding steroid dienone is 1. The Kier molecular flexibility index (Phi) is 3.48. The summed E-state index contributed by atoms with van der Waals surface area (Å²) in [6.45, 7) is 4.38. The molecule has 0 saturated carbocycles. The van der Waals surface area contributed by atoms with Gasteiger partial charge in [0.1, 0.15) is 0 Å². The number of benzene rings is 2. The van der Waals surface area contributed by atoms with Crippen LogP contribution in [0.4, 0.5) is 5.69 Å². The number of pyridine rings is 1. The van der Waals surface area contributed by atoms with Crippen LogP contribution in [0, 0.1) is 5.41 Å². The van der Waals surface area contributed by atoms with Crippen LogP contribution < -0.4 is 5.32 Å². The molecule has 0 amide bonds. The van der Waals surface area contributed by atoms with Gasteiger partial charge in [0.05, 0.1) is 11.6 Å². The molecule has 0 unspecified atom stereocenters. The summed E-state index contributed by atoms with van der Waals surface area (Å²) in [6, 6.07) is 18.5. The van der Waals surface area contributed by atoms with Crippen molar-refractivity contribution in [2.24, 2.45) is 5.41 Å². The van der Waals surface area contributed by atoms with Crippen LogP contribution in [0.25, 0.3) is 16.5 Å². The predicted octanol–water partition coefficient (Wildman–Crippen LogP) is 5.54. The van der Waals surface area contributed by atoms with E-state index < -0.39 is 0 Å². The van der Waals surface area contributed by atoms with Crippen molar-refractivity contribution in [2.45, 2.75) is 32.7 Å². The summed E-state index contributed by atoms with van der Waals surface area (Å²) < 4.78 is 0. The van der Waals surface area contributed by atoms with Gasteiger partial charge in [-0.15, -0.1) is 0 Å². The highest BCUT2D eigenvalue weighted by atomic mass is 16.1. The summed E-state index contributed by atoms with van der Waals surface area (Å²) in [5, 5.41) is 4.77. The predicted molar refractivity (Wildman–Crippen MR) is 109 cm³/mol. The molecule has 1 aliphatic carbocycles. The molecule has 3 nitrogen and oxygen atoms in total. The Hall–Kier alpha value is -2.94. The summed E-state index contributed by atoms with van der Waals surface area (Å²) in [5.74, 6) is 0.258. The second kappa shape index (κ2) is 5.78. The minimum absolute atomic E-state index is 0.0316. The first-order chi connectivity index (χ1) is 13.0. The van der Waals surface area contributed by atoms with E-state index in [1.807, 2.05) is 30.5 Å². The van der Waals surface area contributed by atoms with Crippen molar-refractivity contribution >= 4 is 27.9 Å². The minimum Gasteiger partial charge on any atom is -0.373 e. The van der Waals surface area contributed by atoms with Crippen molar-refractivity contribution in [2.75, 3.05) is 5.32 Å². The lowest BCUT2D eigenvalue weighted by molar-refractivity contribution is -0.118. The van der Waals surface area contributed by atoms with E-state index in [0.29, 0.717) is 6.42 Å². The van der Waals surface area contributed by atoms with E-state index in [4.69, 9.17) is 0 Å². The van der Waals surface area contributed by atoms with Gasteiger partial charge in [-0.3, -0.25) is 9.78 Å². The number of Topliss-reactive ketones (excluding diaryl/α,β-unsaturated/α-hetero) is 1. The van der Waals surface area contributed by atoms with Crippen molar-refractivity contribution in [1.29, 1.82) is 0 Å². The standard InChI is InChI=1S/C24H22N2O/c1-24(2)13-17-21-16-9-6-12-25-18(16)10-11-19(21)26-23(22(17)20(27)14-24)15-7-4-3-5-8-15/h3-12,23,26H,13-14H2,1-2H3/t23-/m1/s1. The molecule has 2 aliphatic rings. The second-order valence-electron chi connectivity index (χ2n) is 8.38. The SMILES string of the molecule is CC1(C)CC(=O)C2=C(C1)c1c(ccc3ncccc13)N[C@@H]2c1ccccc1. The number of carbonyl (C=O) groups excluding carboxylic acids is 1. The largest absolute Gasteiger partial charge is 0.373 e. The number of nitrogens with zero attached hydrogens (tertiary/aromatic N) is 1. The van der Waals surface area contributed by atoms with Crippen LogP contribution in [-0.2, 0) is 4.79 Å². The Morgan fingerprint density at radius 2 is 1.81 bits per heavy atom. The third kappa shape index (κ3) is 2.57. The molecule has 0 saturated heterocycles. The summed E-state index contributed by atoms with van der Waals surface area (Å²) in [7, 11) is 0. The van der Waals surface area contributed by atoms with Crippen LogP contribution in [0.15, 0.2) is 66.4 Å². The minimum atomic E-state index is -0.0913. The van der Waals surface area contributed by atoms with Gasteiger partial charge in [-0.25, -0.2) is 0 Å². The normalized spacial score (nSPS) is 20.8. The quantitative estimate of drug-likeness (QED) is 0.623. The lowest BCUT2D eigenvalue weighted by Gasteiger charge is -2.40. The second-order valence-corrected chi connectivity index (χ2v) is 8.38. The van der Waals surface area contributed by atoms with Gasteiger partial charge < -0.3 is 5.32 Å². The first-order valence-electron chi connectivity index (χ1n) is 9.49. The highest BCUT2D eigenvalue weighted by Gasteiger charge is 2.40. The number of ketones is 1. The molecule has 134 valence electrons. The fourth-order valence-electron chi connectivity index (χ4n) is 4.61. The first-order valence-corrected chi connectivity index (χ1v) is 9.49. The molecule has 1 N–H and O–H groups in total. The molecule has 0 spiro atoms. The maximum atomic E-state index is 13.3. The summed E-state index contributed by atoms with van der Waals surface area (Å²) in [6.07, 6.45) is 3.32. The molecule has 0 radical (unpaired) electrons. The number of anilines is 1. The smallest absolute Gasteiger partial charge is 0.162 e. The molecule has 3 heteroatoms. The number of nitrogens with one attached hydrogen (secondary N) is 1. The van der Waals surface area contributed by atoms with Crippen molar-refractivity contribution in [1.82, 2.24) is 4.98 Å². The Morgan fingerprint density at radius 1 is 1.00 bits per heavy atom. The number of fused-ring (bicyclic) bond motifs is 4. The molecule has 1 atom stereocenters. The number of hydrogen-bond donors (Lipinski definition) is 1. The van der Waals surface area contributed by atoms with Gasteiger partial charge in [-0.05, 0) is 41.2 Å². The van der Waals surface area contributed by atoms with Crippen LogP contribution in [-0.4, -0.2) is 10.8 Å². The monoisotopic (exact) mass is 354 g/mol. The van der Waals surface area contributed by atoms with Gasteiger partial charge in [0.2, 0.25) is 0 Å².